The smallest absolute Gasteiger partial charge is 0.271 e. The minimum absolute atomic E-state index is 0.0485. The Morgan fingerprint density at radius 3 is 2.78 bits per heavy atom. The van der Waals surface area contributed by atoms with Crippen molar-refractivity contribution in [3.05, 3.63) is 57.1 Å². The summed E-state index contributed by atoms with van der Waals surface area (Å²) in [6, 6.07) is 10.5. The van der Waals surface area contributed by atoms with Gasteiger partial charge in [-0.15, -0.1) is 11.3 Å². The first-order valence-corrected chi connectivity index (χ1v) is 9.46. The predicted molar refractivity (Wildman–Crippen MR) is 109 cm³/mol. The number of ether oxygens (including phenoxy) is 2. The Hall–Kier alpha value is -2.93. The third-order valence-corrected chi connectivity index (χ3v) is 4.96. The number of nitro groups is 1. The molecule has 0 aliphatic rings. The number of unbranched alkanes of at least 4 members (excludes halogenated alkanes) is 1. The molecule has 6 nitrogen and oxygen atoms in total. The zero-order chi connectivity index (χ0) is 19.2. The fourth-order valence-corrected chi connectivity index (χ4v) is 3.37. The van der Waals surface area contributed by atoms with Crippen molar-refractivity contribution in [3.63, 3.8) is 0 Å². The fraction of sp³-hybridized carbons (Fsp3) is 0.250. The first-order chi connectivity index (χ1) is 13.1. The van der Waals surface area contributed by atoms with Gasteiger partial charge in [-0.2, -0.15) is 0 Å². The second-order valence-corrected chi connectivity index (χ2v) is 6.97. The van der Waals surface area contributed by atoms with Crippen molar-refractivity contribution in [2.75, 3.05) is 13.7 Å². The number of non-ortho nitro benzene ring substituents is 1. The molecule has 27 heavy (non-hydrogen) atoms. The quantitative estimate of drug-likeness (QED) is 0.289. The van der Waals surface area contributed by atoms with Crippen molar-refractivity contribution in [2.45, 2.75) is 19.8 Å². The fourth-order valence-electron chi connectivity index (χ4n) is 2.52. The van der Waals surface area contributed by atoms with E-state index in [1.807, 2.05) is 30.4 Å². The molecule has 0 aliphatic carbocycles. The van der Waals surface area contributed by atoms with Crippen molar-refractivity contribution in [2.24, 2.45) is 0 Å². The van der Waals surface area contributed by atoms with E-state index in [0.29, 0.717) is 23.6 Å². The van der Waals surface area contributed by atoms with Gasteiger partial charge in [0.1, 0.15) is 5.01 Å². The second-order valence-electron chi connectivity index (χ2n) is 5.91. The Labute approximate surface area is 161 Å². The molecule has 0 aliphatic heterocycles. The van der Waals surface area contributed by atoms with E-state index in [4.69, 9.17) is 9.47 Å². The van der Waals surface area contributed by atoms with E-state index in [1.54, 1.807) is 13.2 Å². The SMILES string of the molecule is CCCCOc1cc(/C=C/c2nc3cc([N+](=O)[O-])ccc3s2)ccc1OC. The molecule has 0 unspecified atom stereocenters. The van der Waals surface area contributed by atoms with E-state index >= 15 is 0 Å². The number of hydrogen-bond donors (Lipinski definition) is 0. The molecule has 3 aromatic rings. The number of fused-ring (bicyclic) bond motifs is 1. The van der Waals surface area contributed by atoms with Crippen LogP contribution in [0.5, 0.6) is 11.5 Å². The molecule has 0 saturated carbocycles. The van der Waals surface area contributed by atoms with Gasteiger partial charge in [-0.25, -0.2) is 4.98 Å². The Morgan fingerprint density at radius 1 is 1.19 bits per heavy atom. The van der Waals surface area contributed by atoms with Crippen molar-refractivity contribution >= 4 is 39.4 Å². The van der Waals surface area contributed by atoms with Gasteiger partial charge in [0, 0.05) is 12.1 Å². The van der Waals surface area contributed by atoms with Gasteiger partial charge in [0.15, 0.2) is 11.5 Å². The average Bonchev–Trinajstić information content (AvgIpc) is 3.08. The van der Waals surface area contributed by atoms with Crippen LogP contribution in [0.1, 0.15) is 30.3 Å². The Morgan fingerprint density at radius 2 is 2.04 bits per heavy atom. The predicted octanol–water partition coefficient (Wildman–Crippen LogP) is 5.56. The van der Waals surface area contributed by atoms with Gasteiger partial charge in [-0.1, -0.05) is 25.5 Å². The van der Waals surface area contributed by atoms with Crippen LogP contribution in [0.4, 0.5) is 5.69 Å². The molecule has 0 fully saturated rings. The number of benzene rings is 2. The summed E-state index contributed by atoms with van der Waals surface area (Å²) in [5.74, 6) is 1.42. The lowest BCUT2D eigenvalue weighted by molar-refractivity contribution is -0.384. The van der Waals surface area contributed by atoms with E-state index in [9.17, 15) is 10.1 Å². The van der Waals surface area contributed by atoms with Gasteiger partial charge >= 0.3 is 0 Å². The van der Waals surface area contributed by atoms with Crippen LogP contribution in [0.25, 0.3) is 22.4 Å². The van der Waals surface area contributed by atoms with E-state index in [2.05, 4.69) is 11.9 Å². The van der Waals surface area contributed by atoms with Gasteiger partial charge in [0.2, 0.25) is 0 Å². The zero-order valence-electron chi connectivity index (χ0n) is 15.2. The van der Waals surface area contributed by atoms with Crippen LogP contribution >= 0.6 is 11.3 Å². The maximum atomic E-state index is 10.9. The van der Waals surface area contributed by atoms with Crippen LogP contribution in [0.15, 0.2) is 36.4 Å². The lowest BCUT2D eigenvalue weighted by atomic mass is 10.2. The maximum absolute atomic E-state index is 10.9. The van der Waals surface area contributed by atoms with Crippen LogP contribution in [-0.4, -0.2) is 23.6 Å². The molecular formula is C20H20N2O4S. The number of nitrogens with zero attached hydrogens (tertiary/aromatic N) is 2. The maximum Gasteiger partial charge on any atom is 0.271 e. The highest BCUT2D eigenvalue weighted by molar-refractivity contribution is 7.19. The van der Waals surface area contributed by atoms with Crippen LogP contribution in [-0.2, 0) is 0 Å². The van der Waals surface area contributed by atoms with Gasteiger partial charge < -0.3 is 9.47 Å². The first-order valence-electron chi connectivity index (χ1n) is 8.64. The standard InChI is InChI=1S/C20H20N2O4S/c1-3-4-11-26-18-12-14(5-8-17(18)25-2)6-10-20-21-16-13-15(22(23)24)7-9-19(16)27-20/h5-10,12-13H,3-4,11H2,1-2H3/b10-6+. The summed E-state index contributed by atoms with van der Waals surface area (Å²) in [7, 11) is 1.62. The van der Waals surface area contributed by atoms with Gasteiger partial charge in [0.05, 0.1) is 28.9 Å². The summed E-state index contributed by atoms with van der Waals surface area (Å²) < 4.78 is 12.1. The third kappa shape index (κ3) is 4.62. The molecule has 1 aromatic heterocycles. The van der Waals surface area contributed by atoms with Gasteiger partial charge in [-0.05, 0) is 36.3 Å². The average molecular weight is 384 g/mol. The molecule has 0 saturated heterocycles. The van der Waals surface area contributed by atoms with Crippen molar-refractivity contribution in [3.8, 4) is 11.5 Å². The number of aromatic nitrogens is 1. The minimum atomic E-state index is -0.411. The number of nitro benzene ring substituents is 1. The molecule has 0 N–H and O–H groups in total. The minimum Gasteiger partial charge on any atom is -0.493 e. The topological polar surface area (TPSA) is 74.5 Å². The first kappa shape index (κ1) is 18.8. The summed E-state index contributed by atoms with van der Waals surface area (Å²) in [6.07, 6.45) is 5.89. The van der Waals surface area contributed by atoms with Crippen LogP contribution in [0, 0.1) is 10.1 Å². The number of methoxy groups -OCH3 is 1. The molecule has 0 radical (unpaired) electrons. The van der Waals surface area contributed by atoms with Gasteiger partial charge in [-0.3, -0.25) is 10.1 Å². The monoisotopic (exact) mass is 384 g/mol. The Kier molecular flexibility index (Phi) is 6.03. The molecule has 2 aromatic carbocycles. The highest BCUT2D eigenvalue weighted by atomic mass is 32.1. The summed E-state index contributed by atoms with van der Waals surface area (Å²) in [5, 5.41) is 11.7. The molecule has 1 heterocycles. The zero-order valence-corrected chi connectivity index (χ0v) is 16.0. The molecule has 3 rings (SSSR count). The second kappa shape index (κ2) is 8.64. The number of hydrogen-bond acceptors (Lipinski definition) is 6. The summed E-state index contributed by atoms with van der Waals surface area (Å²) in [5.41, 5.74) is 1.65. The molecule has 0 atom stereocenters. The molecule has 140 valence electrons. The number of thiazole rings is 1. The highest BCUT2D eigenvalue weighted by Gasteiger charge is 2.09. The molecule has 0 spiro atoms. The van der Waals surface area contributed by atoms with Crippen molar-refractivity contribution < 1.29 is 14.4 Å². The lowest BCUT2D eigenvalue weighted by Gasteiger charge is -2.11. The Balaban J connectivity index is 1.81. The van der Waals surface area contributed by atoms with Crippen LogP contribution in [0.2, 0.25) is 0 Å². The molecule has 0 bridgehead atoms. The summed E-state index contributed by atoms with van der Waals surface area (Å²) >= 11 is 1.49. The summed E-state index contributed by atoms with van der Waals surface area (Å²) in [4.78, 5) is 14.9. The largest absolute Gasteiger partial charge is 0.493 e. The highest BCUT2D eigenvalue weighted by Crippen LogP contribution is 2.30. The van der Waals surface area contributed by atoms with E-state index < -0.39 is 4.92 Å². The Bertz CT molecular complexity index is 981. The van der Waals surface area contributed by atoms with E-state index in [0.717, 1.165) is 28.1 Å². The van der Waals surface area contributed by atoms with E-state index in [-0.39, 0.29) is 5.69 Å². The third-order valence-electron chi connectivity index (χ3n) is 3.96. The van der Waals surface area contributed by atoms with Crippen molar-refractivity contribution in [1.29, 1.82) is 0 Å². The molecule has 7 heteroatoms. The van der Waals surface area contributed by atoms with Crippen LogP contribution < -0.4 is 9.47 Å². The summed E-state index contributed by atoms with van der Waals surface area (Å²) in [6.45, 7) is 2.77. The number of rotatable bonds is 8. The molecular weight excluding hydrogens is 364 g/mol. The van der Waals surface area contributed by atoms with E-state index in [1.165, 1.54) is 23.5 Å². The van der Waals surface area contributed by atoms with Crippen molar-refractivity contribution in [1.82, 2.24) is 4.98 Å². The normalized spacial score (nSPS) is 11.2. The van der Waals surface area contributed by atoms with Crippen LogP contribution in [0.3, 0.4) is 0 Å². The lowest BCUT2D eigenvalue weighted by Crippen LogP contribution is -1.99. The van der Waals surface area contributed by atoms with Gasteiger partial charge in [0.25, 0.3) is 5.69 Å². The molecule has 0 amide bonds.